The maximum absolute atomic E-state index is 13.6. The SMILES string of the molecule is CC(OC(=O)/C=C/c1ccccc1F)C(=O)Nc1cc(C(F)(F)F)ccc1N1CCOCC1. The van der Waals surface area contributed by atoms with E-state index in [1.54, 1.807) is 11.0 Å². The van der Waals surface area contributed by atoms with E-state index in [1.165, 1.54) is 37.3 Å². The number of amides is 1. The minimum atomic E-state index is -4.60. The monoisotopic (exact) mass is 466 g/mol. The molecule has 0 saturated carbocycles. The van der Waals surface area contributed by atoms with Crippen LogP contribution in [-0.4, -0.2) is 44.3 Å². The zero-order chi connectivity index (χ0) is 24.0. The molecule has 2 aromatic carbocycles. The Morgan fingerprint density at radius 3 is 2.52 bits per heavy atom. The topological polar surface area (TPSA) is 67.9 Å². The quantitative estimate of drug-likeness (QED) is 0.392. The normalized spacial score (nSPS) is 15.4. The number of hydrogen-bond acceptors (Lipinski definition) is 5. The van der Waals surface area contributed by atoms with Crippen molar-refractivity contribution in [3.8, 4) is 0 Å². The van der Waals surface area contributed by atoms with Gasteiger partial charge in [0, 0.05) is 24.7 Å². The van der Waals surface area contributed by atoms with Crippen molar-refractivity contribution in [3.05, 3.63) is 65.5 Å². The van der Waals surface area contributed by atoms with Crippen LogP contribution in [0.15, 0.2) is 48.5 Å². The number of nitrogens with one attached hydrogen (secondary N) is 1. The molecular weight excluding hydrogens is 444 g/mol. The first kappa shape index (κ1) is 24.2. The van der Waals surface area contributed by atoms with Crippen molar-refractivity contribution in [2.75, 3.05) is 36.5 Å². The van der Waals surface area contributed by atoms with Crippen LogP contribution in [0.2, 0.25) is 0 Å². The summed E-state index contributed by atoms with van der Waals surface area (Å²) in [6.45, 7) is 2.97. The van der Waals surface area contributed by atoms with E-state index in [-0.39, 0.29) is 11.3 Å². The molecule has 0 bridgehead atoms. The lowest BCUT2D eigenvalue weighted by Crippen LogP contribution is -2.37. The first-order valence-electron chi connectivity index (χ1n) is 10.1. The van der Waals surface area contributed by atoms with E-state index in [4.69, 9.17) is 9.47 Å². The van der Waals surface area contributed by atoms with E-state index in [9.17, 15) is 27.2 Å². The van der Waals surface area contributed by atoms with Crippen LogP contribution in [0.3, 0.4) is 0 Å². The number of ether oxygens (including phenoxy) is 2. The smallest absolute Gasteiger partial charge is 0.416 e. The van der Waals surface area contributed by atoms with Gasteiger partial charge in [-0.3, -0.25) is 4.79 Å². The summed E-state index contributed by atoms with van der Waals surface area (Å²) in [5.74, 6) is -2.25. The molecule has 2 aromatic rings. The summed E-state index contributed by atoms with van der Waals surface area (Å²) < 4.78 is 63.5. The molecule has 3 rings (SSSR count). The van der Waals surface area contributed by atoms with Crippen molar-refractivity contribution < 1.29 is 36.6 Å². The van der Waals surface area contributed by atoms with Crippen LogP contribution in [0.4, 0.5) is 28.9 Å². The highest BCUT2D eigenvalue weighted by atomic mass is 19.4. The molecular formula is C23H22F4N2O4. The number of carbonyl (C=O) groups is 2. The Bertz CT molecular complexity index is 1030. The highest BCUT2D eigenvalue weighted by molar-refractivity contribution is 5.99. The maximum atomic E-state index is 13.6. The molecule has 176 valence electrons. The van der Waals surface area contributed by atoms with E-state index in [2.05, 4.69) is 5.32 Å². The molecule has 0 aromatic heterocycles. The molecule has 1 heterocycles. The Labute approximate surface area is 187 Å². The van der Waals surface area contributed by atoms with Crippen LogP contribution in [-0.2, 0) is 25.2 Å². The summed E-state index contributed by atoms with van der Waals surface area (Å²) in [6.07, 6.45) is -3.74. The largest absolute Gasteiger partial charge is 0.449 e. The number of morpholine rings is 1. The van der Waals surface area contributed by atoms with Crippen LogP contribution in [0.25, 0.3) is 6.08 Å². The van der Waals surface area contributed by atoms with Crippen LogP contribution >= 0.6 is 0 Å². The van der Waals surface area contributed by atoms with Crippen LogP contribution in [0.1, 0.15) is 18.1 Å². The molecule has 33 heavy (non-hydrogen) atoms. The highest BCUT2D eigenvalue weighted by Gasteiger charge is 2.32. The van der Waals surface area contributed by atoms with Gasteiger partial charge in [0.1, 0.15) is 5.82 Å². The van der Waals surface area contributed by atoms with Gasteiger partial charge in [-0.15, -0.1) is 0 Å². The van der Waals surface area contributed by atoms with Crippen LogP contribution in [0, 0.1) is 5.82 Å². The fourth-order valence-electron chi connectivity index (χ4n) is 3.16. The average Bonchev–Trinajstić information content (AvgIpc) is 2.78. The molecule has 1 N–H and O–H groups in total. The fourth-order valence-corrected chi connectivity index (χ4v) is 3.16. The third kappa shape index (κ3) is 6.55. The van der Waals surface area contributed by atoms with Gasteiger partial charge in [0.05, 0.1) is 30.2 Å². The van der Waals surface area contributed by atoms with E-state index in [0.29, 0.717) is 32.0 Å². The molecule has 0 radical (unpaired) electrons. The summed E-state index contributed by atoms with van der Waals surface area (Å²) >= 11 is 0. The standard InChI is InChI=1S/C23H22F4N2O4/c1-15(33-21(30)9-6-16-4-2-3-5-18(16)24)22(31)28-19-14-17(23(25,26)27)7-8-20(19)29-10-12-32-13-11-29/h2-9,14-15H,10-13H2,1H3,(H,28,31)/b9-6+. The zero-order valence-electron chi connectivity index (χ0n) is 17.7. The highest BCUT2D eigenvalue weighted by Crippen LogP contribution is 2.36. The van der Waals surface area contributed by atoms with Gasteiger partial charge in [-0.1, -0.05) is 18.2 Å². The van der Waals surface area contributed by atoms with E-state index in [0.717, 1.165) is 18.2 Å². The lowest BCUT2D eigenvalue weighted by Gasteiger charge is -2.31. The summed E-state index contributed by atoms with van der Waals surface area (Å²) in [5, 5.41) is 2.43. The van der Waals surface area contributed by atoms with Crippen molar-refractivity contribution in [3.63, 3.8) is 0 Å². The van der Waals surface area contributed by atoms with E-state index >= 15 is 0 Å². The minimum absolute atomic E-state index is 0.0541. The second-order valence-electron chi connectivity index (χ2n) is 7.25. The third-order valence-electron chi connectivity index (χ3n) is 4.90. The van der Waals surface area contributed by atoms with Gasteiger partial charge in [0.15, 0.2) is 6.10 Å². The van der Waals surface area contributed by atoms with Gasteiger partial charge >= 0.3 is 12.1 Å². The van der Waals surface area contributed by atoms with Gasteiger partial charge in [-0.05, 0) is 37.3 Å². The van der Waals surface area contributed by atoms with Gasteiger partial charge in [0.25, 0.3) is 5.91 Å². The molecule has 10 heteroatoms. The molecule has 1 fully saturated rings. The number of benzene rings is 2. The van der Waals surface area contributed by atoms with Crippen LogP contribution in [0.5, 0.6) is 0 Å². The fraction of sp³-hybridized carbons (Fsp3) is 0.304. The van der Waals surface area contributed by atoms with Crippen LogP contribution < -0.4 is 10.2 Å². The Morgan fingerprint density at radius 2 is 1.85 bits per heavy atom. The average molecular weight is 466 g/mol. The van der Waals surface area contributed by atoms with E-state index in [1.807, 2.05) is 0 Å². The summed E-state index contributed by atoms with van der Waals surface area (Å²) in [7, 11) is 0. The van der Waals surface area contributed by atoms with Crippen molar-refractivity contribution in [2.24, 2.45) is 0 Å². The summed E-state index contributed by atoms with van der Waals surface area (Å²) in [6, 6.07) is 8.84. The lowest BCUT2D eigenvalue weighted by atomic mass is 10.1. The molecule has 1 atom stereocenters. The lowest BCUT2D eigenvalue weighted by molar-refractivity contribution is -0.148. The third-order valence-corrected chi connectivity index (χ3v) is 4.90. The molecule has 0 spiro atoms. The molecule has 1 saturated heterocycles. The number of anilines is 2. The van der Waals surface area contributed by atoms with Gasteiger partial charge in [0.2, 0.25) is 0 Å². The number of rotatable bonds is 6. The van der Waals surface area contributed by atoms with Crippen molar-refractivity contribution in [2.45, 2.75) is 19.2 Å². The first-order valence-corrected chi connectivity index (χ1v) is 10.1. The van der Waals surface area contributed by atoms with E-state index < -0.39 is 35.5 Å². The minimum Gasteiger partial charge on any atom is -0.449 e. The van der Waals surface area contributed by atoms with Gasteiger partial charge in [-0.25, -0.2) is 9.18 Å². The maximum Gasteiger partial charge on any atom is 0.416 e. The number of halogens is 4. The predicted octanol–water partition coefficient (Wildman–Crippen LogP) is 4.26. The molecule has 1 amide bonds. The van der Waals surface area contributed by atoms with Crippen molar-refractivity contribution >= 4 is 29.3 Å². The Morgan fingerprint density at radius 1 is 1.15 bits per heavy atom. The Hall–Kier alpha value is -3.40. The van der Waals surface area contributed by atoms with Gasteiger partial charge in [-0.2, -0.15) is 13.2 Å². The number of nitrogens with zero attached hydrogens (tertiary/aromatic N) is 1. The Kier molecular flexibility index (Phi) is 7.70. The zero-order valence-corrected chi connectivity index (χ0v) is 17.7. The number of hydrogen-bond donors (Lipinski definition) is 1. The second-order valence-corrected chi connectivity index (χ2v) is 7.25. The molecule has 1 unspecified atom stereocenters. The summed E-state index contributed by atoms with van der Waals surface area (Å²) in [5.41, 5.74) is -0.419. The summed E-state index contributed by atoms with van der Waals surface area (Å²) in [4.78, 5) is 26.4. The molecule has 6 nitrogen and oxygen atoms in total. The molecule has 1 aliphatic rings. The number of alkyl halides is 3. The molecule has 0 aliphatic carbocycles. The van der Waals surface area contributed by atoms with Gasteiger partial charge < -0.3 is 19.7 Å². The van der Waals surface area contributed by atoms with Crippen molar-refractivity contribution in [1.29, 1.82) is 0 Å². The second kappa shape index (κ2) is 10.5. The van der Waals surface area contributed by atoms with Crippen molar-refractivity contribution in [1.82, 2.24) is 0 Å². The predicted molar refractivity (Wildman–Crippen MR) is 114 cm³/mol. The number of esters is 1. The number of carbonyl (C=O) groups excluding carboxylic acids is 2. The Balaban J connectivity index is 1.72. The first-order chi connectivity index (χ1) is 15.6. The molecule has 1 aliphatic heterocycles.